The monoisotopic (exact) mass is 294 g/mol. The van der Waals surface area contributed by atoms with Crippen molar-refractivity contribution in [2.45, 2.75) is 19.8 Å². The summed E-state index contributed by atoms with van der Waals surface area (Å²) in [6, 6.07) is 6.87. The highest BCUT2D eigenvalue weighted by molar-refractivity contribution is 5.93. The van der Waals surface area contributed by atoms with Gasteiger partial charge in [0, 0.05) is 18.5 Å². The zero-order valence-corrected chi connectivity index (χ0v) is 11.7. The van der Waals surface area contributed by atoms with E-state index < -0.39 is 18.4 Å². The Bertz CT molecular complexity index is 499. The normalized spacial score (nSPS) is 9.76. The van der Waals surface area contributed by atoms with Crippen LogP contribution in [0.25, 0.3) is 0 Å². The van der Waals surface area contributed by atoms with Gasteiger partial charge in [-0.1, -0.05) is 0 Å². The summed E-state index contributed by atoms with van der Waals surface area (Å²) < 4.78 is 5.28. The van der Waals surface area contributed by atoms with Crippen LogP contribution in [0.15, 0.2) is 24.3 Å². The van der Waals surface area contributed by atoms with Crippen molar-refractivity contribution in [2.24, 2.45) is 0 Å². The van der Waals surface area contributed by atoms with E-state index in [1.54, 1.807) is 24.3 Å². The van der Waals surface area contributed by atoms with Gasteiger partial charge < -0.3 is 20.5 Å². The molecule has 0 fully saturated rings. The van der Waals surface area contributed by atoms with Crippen molar-refractivity contribution < 1.29 is 24.2 Å². The maximum atomic E-state index is 11.6. The van der Waals surface area contributed by atoms with Gasteiger partial charge in [-0.3, -0.25) is 14.4 Å². The van der Waals surface area contributed by atoms with Crippen LogP contribution in [0.5, 0.6) is 5.75 Å². The molecule has 7 heteroatoms. The lowest BCUT2D eigenvalue weighted by Crippen LogP contribution is -2.29. The molecule has 7 nitrogen and oxygen atoms in total. The van der Waals surface area contributed by atoms with Gasteiger partial charge in [0.1, 0.15) is 12.3 Å². The van der Waals surface area contributed by atoms with E-state index in [0.717, 1.165) is 0 Å². The average Bonchev–Trinajstić information content (AvgIpc) is 2.45. The van der Waals surface area contributed by atoms with E-state index in [4.69, 9.17) is 9.84 Å². The van der Waals surface area contributed by atoms with Crippen molar-refractivity contribution in [1.82, 2.24) is 5.32 Å². The van der Waals surface area contributed by atoms with Crippen molar-refractivity contribution in [1.29, 1.82) is 0 Å². The van der Waals surface area contributed by atoms with E-state index in [2.05, 4.69) is 10.6 Å². The molecular formula is C14H18N2O5. The van der Waals surface area contributed by atoms with Crippen molar-refractivity contribution in [2.75, 3.05) is 18.5 Å². The van der Waals surface area contributed by atoms with E-state index in [-0.39, 0.29) is 18.7 Å². The van der Waals surface area contributed by atoms with E-state index in [1.807, 2.05) is 6.92 Å². The number of hydrogen-bond acceptors (Lipinski definition) is 4. The summed E-state index contributed by atoms with van der Waals surface area (Å²) in [5, 5.41) is 13.2. The zero-order chi connectivity index (χ0) is 15.7. The molecule has 0 atom stereocenters. The summed E-state index contributed by atoms with van der Waals surface area (Å²) in [6.45, 7) is 2.00. The number of carboxylic acid groups (broad SMARTS) is 1. The van der Waals surface area contributed by atoms with Gasteiger partial charge in [-0.05, 0) is 31.2 Å². The van der Waals surface area contributed by atoms with Crippen molar-refractivity contribution in [3.8, 4) is 5.75 Å². The number of carboxylic acids is 1. The van der Waals surface area contributed by atoms with Gasteiger partial charge in [-0.15, -0.1) is 0 Å². The van der Waals surface area contributed by atoms with Gasteiger partial charge in [-0.2, -0.15) is 0 Å². The molecule has 21 heavy (non-hydrogen) atoms. The molecule has 0 unspecified atom stereocenters. The topological polar surface area (TPSA) is 105 Å². The number of anilines is 1. The third-order valence-electron chi connectivity index (χ3n) is 2.46. The molecular weight excluding hydrogens is 276 g/mol. The first-order chi connectivity index (χ1) is 10.0. The second kappa shape index (κ2) is 8.57. The first-order valence-corrected chi connectivity index (χ1v) is 6.52. The van der Waals surface area contributed by atoms with Crippen LogP contribution in [-0.4, -0.2) is 36.0 Å². The van der Waals surface area contributed by atoms with Crippen LogP contribution in [0.3, 0.4) is 0 Å². The van der Waals surface area contributed by atoms with Crippen LogP contribution in [-0.2, 0) is 14.4 Å². The number of rotatable bonds is 8. The summed E-state index contributed by atoms with van der Waals surface area (Å²) in [6.07, 6.45) is -0.0746. The molecule has 0 saturated heterocycles. The largest absolute Gasteiger partial charge is 0.494 e. The fourth-order valence-corrected chi connectivity index (χ4v) is 1.51. The van der Waals surface area contributed by atoms with E-state index >= 15 is 0 Å². The lowest BCUT2D eigenvalue weighted by atomic mass is 10.2. The Morgan fingerprint density at radius 2 is 1.71 bits per heavy atom. The molecule has 0 aliphatic carbocycles. The molecule has 0 saturated carbocycles. The Hall–Kier alpha value is -2.57. The third kappa shape index (κ3) is 6.95. The minimum Gasteiger partial charge on any atom is -0.494 e. The van der Waals surface area contributed by atoms with Gasteiger partial charge in [0.15, 0.2) is 0 Å². The number of carbonyl (C=O) groups excluding carboxylic acids is 2. The lowest BCUT2D eigenvalue weighted by Gasteiger charge is -2.07. The average molecular weight is 294 g/mol. The van der Waals surface area contributed by atoms with Crippen LogP contribution in [0.2, 0.25) is 0 Å². The van der Waals surface area contributed by atoms with Gasteiger partial charge in [0.05, 0.1) is 6.61 Å². The Morgan fingerprint density at radius 1 is 1.10 bits per heavy atom. The Kier molecular flexibility index (Phi) is 6.73. The SMILES string of the molecule is CCOc1ccc(NC(=O)CCC(=O)NCC(=O)O)cc1. The molecule has 0 bridgehead atoms. The second-order valence-corrected chi connectivity index (χ2v) is 4.18. The molecule has 0 aliphatic rings. The third-order valence-corrected chi connectivity index (χ3v) is 2.46. The molecule has 0 heterocycles. The Labute approximate surface area is 122 Å². The molecule has 2 amide bonds. The predicted octanol–water partition coefficient (Wildman–Crippen LogP) is 1.00. The molecule has 0 radical (unpaired) electrons. The molecule has 0 aliphatic heterocycles. The summed E-state index contributed by atoms with van der Waals surface area (Å²) in [5.41, 5.74) is 0.606. The molecule has 0 spiro atoms. The fraction of sp³-hybridized carbons (Fsp3) is 0.357. The Morgan fingerprint density at radius 3 is 2.29 bits per heavy atom. The quantitative estimate of drug-likeness (QED) is 0.663. The number of amides is 2. The highest BCUT2D eigenvalue weighted by Crippen LogP contribution is 2.15. The van der Waals surface area contributed by atoms with E-state index in [9.17, 15) is 14.4 Å². The summed E-state index contributed by atoms with van der Waals surface area (Å²) in [4.78, 5) is 33.1. The number of aliphatic carboxylic acids is 1. The van der Waals surface area contributed by atoms with Crippen LogP contribution >= 0.6 is 0 Å². The van der Waals surface area contributed by atoms with Gasteiger partial charge >= 0.3 is 5.97 Å². The standard InChI is InChI=1S/C14H18N2O5/c1-2-21-11-5-3-10(4-6-11)16-13(18)8-7-12(17)15-9-14(19)20/h3-6H,2,7-9H2,1H3,(H,15,17)(H,16,18)(H,19,20). The number of hydrogen-bond donors (Lipinski definition) is 3. The minimum absolute atomic E-state index is 0.0152. The number of carbonyl (C=O) groups is 3. The van der Waals surface area contributed by atoms with E-state index in [0.29, 0.717) is 18.0 Å². The minimum atomic E-state index is -1.12. The summed E-state index contributed by atoms with van der Waals surface area (Å²) >= 11 is 0. The number of ether oxygens (including phenoxy) is 1. The smallest absolute Gasteiger partial charge is 0.322 e. The van der Waals surface area contributed by atoms with Crippen molar-refractivity contribution in [3.05, 3.63) is 24.3 Å². The maximum Gasteiger partial charge on any atom is 0.322 e. The molecule has 114 valence electrons. The molecule has 1 aromatic carbocycles. The van der Waals surface area contributed by atoms with Gasteiger partial charge in [0.25, 0.3) is 0 Å². The molecule has 1 rings (SSSR count). The van der Waals surface area contributed by atoms with Crippen molar-refractivity contribution >= 4 is 23.5 Å². The molecule has 0 aromatic heterocycles. The number of benzene rings is 1. The van der Waals surface area contributed by atoms with E-state index in [1.165, 1.54) is 0 Å². The molecule has 3 N–H and O–H groups in total. The van der Waals surface area contributed by atoms with Gasteiger partial charge in [0.2, 0.25) is 11.8 Å². The van der Waals surface area contributed by atoms with Crippen LogP contribution in [0.4, 0.5) is 5.69 Å². The van der Waals surface area contributed by atoms with Crippen molar-refractivity contribution in [3.63, 3.8) is 0 Å². The molecule has 1 aromatic rings. The summed E-state index contributed by atoms with van der Waals surface area (Å²) in [5.74, 6) is -1.20. The van der Waals surface area contributed by atoms with Crippen LogP contribution in [0, 0.1) is 0 Å². The van der Waals surface area contributed by atoms with Gasteiger partial charge in [-0.25, -0.2) is 0 Å². The Balaban J connectivity index is 2.33. The van der Waals surface area contributed by atoms with Crippen LogP contribution < -0.4 is 15.4 Å². The number of nitrogens with one attached hydrogen (secondary N) is 2. The van der Waals surface area contributed by atoms with Crippen LogP contribution in [0.1, 0.15) is 19.8 Å². The maximum absolute atomic E-state index is 11.6. The first kappa shape index (κ1) is 16.5. The lowest BCUT2D eigenvalue weighted by molar-refractivity contribution is -0.138. The zero-order valence-electron chi connectivity index (χ0n) is 11.7. The predicted molar refractivity (Wildman–Crippen MR) is 76.1 cm³/mol. The summed E-state index contributed by atoms with van der Waals surface area (Å²) in [7, 11) is 0. The fourth-order valence-electron chi connectivity index (χ4n) is 1.51. The first-order valence-electron chi connectivity index (χ1n) is 6.52. The highest BCUT2D eigenvalue weighted by Gasteiger charge is 2.08. The highest BCUT2D eigenvalue weighted by atomic mass is 16.5. The second-order valence-electron chi connectivity index (χ2n) is 4.18.